The van der Waals surface area contributed by atoms with Crippen molar-refractivity contribution in [2.75, 3.05) is 30.4 Å². The Hall–Kier alpha value is -3.38. The number of rotatable bonds is 8. The van der Waals surface area contributed by atoms with Crippen molar-refractivity contribution < 1.29 is 9.90 Å². The first-order valence-electron chi connectivity index (χ1n) is 11.5. The summed E-state index contributed by atoms with van der Waals surface area (Å²) in [6.45, 7) is 5.96. The predicted molar refractivity (Wildman–Crippen MR) is 134 cm³/mol. The third kappa shape index (κ3) is 5.34. The quantitative estimate of drug-likeness (QED) is 0.452. The molecule has 0 aliphatic carbocycles. The molecule has 33 heavy (non-hydrogen) atoms. The Labute approximate surface area is 195 Å². The zero-order valence-corrected chi connectivity index (χ0v) is 19.5. The number of carbonyl (C=O) groups is 1. The summed E-state index contributed by atoms with van der Waals surface area (Å²) in [7, 11) is 2.11. The van der Waals surface area contributed by atoms with E-state index in [9.17, 15) is 9.90 Å². The molecular weight excluding hydrogens is 412 g/mol. The van der Waals surface area contributed by atoms with Gasteiger partial charge in [0.25, 0.3) is 0 Å². The minimum Gasteiger partial charge on any atom is -0.478 e. The summed E-state index contributed by atoms with van der Waals surface area (Å²) in [5.74, 6) is -0.305. The lowest BCUT2D eigenvalue weighted by atomic mass is 9.93. The minimum absolute atomic E-state index is 0.102. The summed E-state index contributed by atoms with van der Waals surface area (Å²) < 4.78 is 0. The molecule has 172 valence electrons. The van der Waals surface area contributed by atoms with Crippen molar-refractivity contribution in [1.29, 1.82) is 0 Å². The number of fused-ring (bicyclic) bond motifs is 1. The first-order chi connectivity index (χ1) is 15.9. The van der Waals surface area contributed by atoms with Gasteiger partial charge in [-0.2, -0.15) is 0 Å². The second-order valence-electron chi connectivity index (χ2n) is 9.07. The maximum Gasteiger partial charge on any atom is 0.337 e. The average molecular weight is 445 g/mol. The molecule has 0 bridgehead atoms. The van der Waals surface area contributed by atoms with Crippen molar-refractivity contribution in [3.8, 4) is 0 Å². The lowest BCUT2D eigenvalue weighted by Crippen LogP contribution is -2.34. The van der Waals surface area contributed by atoms with Gasteiger partial charge in [-0.05, 0) is 72.3 Å². The van der Waals surface area contributed by atoms with E-state index in [0.29, 0.717) is 18.2 Å². The van der Waals surface area contributed by atoms with Crippen LogP contribution in [0.4, 0.5) is 17.1 Å². The standard InChI is InChI=1S/C27H32N4O2/c1-18(2)14-19-4-6-21(7-5-19)31(3)22-8-9-23-20(15-22)10-13-29-26(23)17-30-25-16-28-12-11-24(25)27(32)33/h4-9,11-12,15-16,18,26,29-30H,10,13-14,17H2,1-3H3,(H,32,33)/t26-/m1/s1. The molecule has 0 amide bonds. The van der Waals surface area contributed by atoms with E-state index in [1.807, 2.05) is 0 Å². The number of carboxylic acids is 1. The van der Waals surface area contributed by atoms with Crippen LogP contribution in [0.15, 0.2) is 60.9 Å². The second-order valence-corrected chi connectivity index (χ2v) is 9.07. The van der Waals surface area contributed by atoms with Crippen molar-refractivity contribution >= 4 is 23.0 Å². The Morgan fingerprint density at radius 2 is 1.94 bits per heavy atom. The molecule has 6 nitrogen and oxygen atoms in total. The van der Waals surface area contributed by atoms with Gasteiger partial charge in [-0.1, -0.05) is 32.0 Å². The van der Waals surface area contributed by atoms with Gasteiger partial charge in [-0.25, -0.2) is 4.79 Å². The Morgan fingerprint density at radius 1 is 1.18 bits per heavy atom. The van der Waals surface area contributed by atoms with Gasteiger partial charge in [0.2, 0.25) is 0 Å². The lowest BCUT2D eigenvalue weighted by molar-refractivity contribution is 0.0697. The fourth-order valence-corrected chi connectivity index (χ4v) is 4.44. The number of nitrogens with zero attached hydrogens (tertiary/aromatic N) is 2. The van der Waals surface area contributed by atoms with Gasteiger partial charge >= 0.3 is 5.97 Å². The Kier molecular flexibility index (Phi) is 6.94. The third-order valence-electron chi connectivity index (χ3n) is 6.19. The van der Waals surface area contributed by atoms with Crippen LogP contribution in [0.2, 0.25) is 0 Å². The molecule has 0 unspecified atom stereocenters. The molecule has 1 atom stereocenters. The SMILES string of the molecule is CC(C)Cc1ccc(N(C)c2ccc3c(c2)CCN[C@@H]3CNc2cnccc2C(=O)O)cc1. The van der Waals surface area contributed by atoms with E-state index < -0.39 is 5.97 Å². The average Bonchev–Trinajstić information content (AvgIpc) is 2.82. The number of aromatic nitrogens is 1. The maximum atomic E-state index is 11.5. The minimum atomic E-state index is -0.957. The van der Waals surface area contributed by atoms with E-state index in [1.165, 1.54) is 40.3 Å². The molecule has 2 heterocycles. The lowest BCUT2D eigenvalue weighted by Gasteiger charge is -2.29. The zero-order valence-electron chi connectivity index (χ0n) is 19.5. The normalized spacial score (nSPS) is 15.2. The van der Waals surface area contributed by atoms with Gasteiger partial charge in [-0.3, -0.25) is 4.98 Å². The van der Waals surface area contributed by atoms with Gasteiger partial charge in [0, 0.05) is 37.2 Å². The molecule has 0 spiro atoms. The molecule has 1 aliphatic rings. The smallest absolute Gasteiger partial charge is 0.337 e. The molecule has 2 aromatic carbocycles. The number of hydrogen-bond donors (Lipinski definition) is 3. The van der Waals surface area contributed by atoms with E-state index in [4.69, 9.17) is 0 Å². The highest BCUT2D eigenvalue weighted by Crippen LogP contribution is 2.31. The molecule has 4 rings (SSSR count). The summed E-state index contributed by atoms with van der Waals surface area (Å²) in [5.41, 5.74) is 7.05. The first kappa shape index (κ1) is 22.8. The molecule has 3 aromatic rings. The third-order valence-corrected chi connectivity index (χ3v) is 6.19. The van der Waals surface area contributed by atoms with Gasteiger partial charge in [0.1, 0.15) is 0 Å². The van der Waals surface area contributed by atoms with Crippen molar-refractivity contribution in [3.05, 3.63) is 83.2 Å². The molecule has 1 aromatic heterocycles. The topological polar surface area (TPSA) is 77.5 Å². The van der Waals surface area contributed by atoms with E-state index in [2.05, 4.69) is 83.9 Å². The number of anilines is 3. The summed E-state index contributed by atoms with van der Waals surface area (Å²) in [5, 5.41) is 16.2. The van der Waals surface area contributed by atoms with Crippen LogP contribution < -0.4 is 15.5 Å². The first-order valence-corrected chi connectivity index (χ1v) is 11.5. The number of nitrogens with one attached hydrogen (secondary N) is 2. The van der Waals surface area contributed by atoms with Crippen LogP contribution in [0.5, 0.6) is 0 Å². The van der Waals surface area contributed by atoms with E-state index in [0.717, 1.165) is 19.4 Å². The summed E-state index contributed by atoms with van der Waals surface area (Å²) >= 11 is 0. The summed E-state index contributed by atoms with van der Waals surface area (Å²) in [4.78, 5) is 17.8. The van der Waals surface area contributed by atoms with Crippen LogP contribution in [0, 0.1) is 5.92 Å². The van der Waals surface area contributed by atoms with Gasteiger partial charge in [0.15, 0.2) is 0 Å². The van der Waals surface area contributed by atoms with Crippen LogP contribution in [-0.4, -0.2) is 36.2 Å². The van der Waals surface area contributed by atoms with Gasteiger partial charge in [-0.15, -0.1) is 0 Å². The number of benzene rings is 2. The highest BCUT2D eigenvalue weighted by Gasteiger charge is 2.21. The predicted octanol–water partition coefficient (Wildman–Crippen LogP) is 5.05. The molecule has 6 heteroatoms. The van der Waals surface area contributed by atoms with E-state index >= 15 is 0 Å². The molecule has 0 saturated carbocycles. The van der Waals surface area contributed by atoms with Crippen LogP contribution in [0.1, 0.15) is 46.9 Å². The van der Waals surface area contributed by atoms with Crippen molar-refractivity contribution in [2.45, 2.75) is 32.7 Å². The number of carboxylic acid groups (broad SMARTS) is 1. The Bertz CT molecular complexity index is 1110. The second kappa shape index (κ2) is 10.0. The van der Waals surface area contributed by atoms with E-state index in [1.54, 1.807) is 6.20 Å². The highest BCUT2D eigenvalue weighted by atomic mass is 16.4. The van der Waals surface area contributed by atoms with Gasteiger partial charge in [0.05, 0.1) is 17.4 Å². The monoisotopic (exact) mass is 444 g/mol. The number of hydrogen-bond acceptors (Lipinski definition) is 5. The molecule has 3 N–H and O–H groups in total. The summed E-state index contributed by atoms with van der Waals surface area (Å²) in [6, 6.07) is 17.1. The molecule has 0 radical (unpaired) electrons. The molecular formula is C27H32N4O2. The van der Waals surface area contributed by atoms with Crippen LogP contribution in [0.3, 0.4) is 0 Å². The van der Waals surface area contributed by atoms with Crippen LogP contribution in [0.25, 0.3) is 0 Å². The Balaban J connectivity index is 1.48. The fourth-order valence-electron chi connectivity index (χ4n) is 4.44. The zero-order chi connectivity index (χ0) is 23.4. The largest absolute Gasteiger partial charge is 0.478 e. The Morgan fingerprint density at radius 3 is 2.67 bits per heavy atom. The van der Waals surface area contributed by atoms with Gasteiger partial charge < -0.3 is 20.6 Å². The van der Waals surface area contributed by atoms with Crippen molar-refractivity contribution in [1.82, 2.24) is 10.3 Å². The van der Waals surface area contributed by atoms with Crippen molar-refractivity contribution in [3.63, 3.8) is 0 Å². The van der Waals surface area contributed by atoms with Crippen molar-refractivity contribution in [2.24, 2.45) is 5.92 Å². The molecule has 0 saturated heterocycles. The van der Waals surface area contributed by atoms with Crippen LogP contribution in [-0.2, 0) is 12.8 Å². The van der Waals surface area contributed by atoms with Crippen LogP contribution >= 0.6 is 0 Å². The fraction of sp³-hybridized carbons (Fsp3) is 0.333. The van der Waals surface area contributed by atoms with E-state index in [-0.39, 0.29) is 11.6 Å². The maximum absolute atomic E-state index is 11.5. The molecule has 0 fully saturated rings. The summed E-state index contributed by atoms with van der Waals surface area (Å²) in [6.07, 6.45) is 5.13. The number of aromatic carboxylic acids is 1. The highest BCUT2D eigenvalue weighted by molar-refractivity contribution is 5.93. The molecule has 1 aliphatic heterocycles. The number of pyridine rings is 1.